The maximum Gasteiger partial charge on any atom is 0.267 e. The highest BCUT2D eigenvalue weighted by atomic mass is 32.2. The Kier molecular flexibility index (Phi) is 6.48. The number of thioether (sulfide) groups is 1. The Balaban J connectivity index is 1.59. The molecular weight excluding hydrogens is 480 g/mol. The van der Waals surface area contributed by atoms with Gasteiger partial charge in [0.25, 0.3) is 11.5 Å². The number of amides is 1. The number of hydrogen-bond acceptors (Lipinski definition) is 7. The van der Waals surface area contributed by atoms with Crippen LogP contribution in [0.5, 0.6) is 0 Å². The van der Waals surface area contributed by atoms with Crippen LogP contribution in [0.25, 0.3) is 11.7 Å². The first-order valence-electron chi connectivity index (χ1n) is 11.6. The molecule has 5 rings (SSSR count). The van der Waals surface area contributed by atoms with E-state index in [9.17, 15) is 9.59 Å². The van der Waals surface area contributed by atoms with Crippen LogP contribution in [-0.2, 0) is 9.53 Å². The standard InChI is InChI=1S/C26H26N4O3S2/c1-16-14-28(15-17(2)33-16)23-20(24(31)29-12-8-7-11-22(29)27-23)13-21-25(32)30(26(34)35-21)18(3)19-9-5-4-6-10-19/h4-13,16-18H,14-15H2,1-3H3/b21-13-/t16-,17-,18-/m1/s1. The summed E-state index contributed by atoms with van der Waals surface area (Å²) in [6.07, 6.45) is 3.34. The van der Waals surface area contributed by atoms with Gasteiger partial charge in [0.1, 0.15) is 15.8 Å². The number of benzene rings is 1. The zero-order chi connectivity index (χ0) is 24.7. The molecule has 7 nitrogen and oxygen atoms in total. The summed E-state index contributed by atoms with van der Waals surface area (Å²) in [5.41, 5.74) is 1.71. The SMILES string of the molecule is C[C@@H]1CN(c2nc3ccccn3c(=O)c2/C=C2\SC(=S)N([C@H](C)c3ccccc3)C2=O)C[C@@H](C)O1. The highest BCUT2D eigenvalue weighted by Gasteiger charge is 2.37. The lowest BCUT2D eigenvalue weighted by molar-refractivity contribution is -0.123. The van der Waals surface area contributed by atoms with Crippen LogP contribution in [0.2, 0.25) is 0 Å². The van der Waals surface area contributed by atoms with E-state index < -0.39 is 0 Å². The summed E-state index contributed by atoms with van der Waals surface area (Å²) in [4.78, 5) is 36.1. The minimum Gasteiger partial charge on any atom is -0.372 e. The average molecular weight is 507 g/mol. The van der Waals surface area contributed by atoms with Crippen LogP contribution in [0.4, 0.5) is 5.82 Å². The lowest BCUT2D eigenvalue weighted by atomic mass is 10.1. The summed E-state index contributed by atoms with van der Waals surface area (Å²) >= 11 is 6.81. The molecule has 3 atom stereocenters. The number of fused-ring (bicyclic) bond motifs is 1. The second-order valence-corrected chi connectivity index (χ2v) is 10.6. The van der Waals surface area contributed by atoms with E-state index in [1.165, 1.54) is 16.2 Å². The molecule has 9 heteroatoms. The molecule has 0 spiro atoms. The molecule has 3 aromatic rings. The molecular formula is C26H26N4O3S2. The summed E-state index contributed by atoms with van der Waals surface area (Å²) in [5, 5.41) is 0. The number of hydrogen-bond donors (Lipinski definition) is 0. The van der Waals surface area contributed by atoms with E-state index in [0.717, 1.165) is 5.56 Å². The van der Waals surface area contributed by atoms with E-state index in [-0.39, 0.29) is 29.7 Å². The van der Waals surface area contributed by atoms with Crippen molar-refractivity contribution in [2.24, 2.45) is 0 Å². The molecule has 0 saturated carbocycles. The summed E-state index contributed by atoms with van der Waals surface area (Å²) in [7, 11) is 0. The first kappa shape index (κ1) is 23.7. The smallest absolute Gasteiger partial charge is 0.267 e. The topological polar surface area (TPSA) is 67.2 Å². The lowest BCUT2D eigenvalue weighted by Gasteiger charge is -2.36. The molecule has 2 aromatic heterocycles. The van der Waals surface area contributed by atoms with Crippen LogP contribution in [0.3, 0.4) is 0 Å². The number of pyridine rings is 1. The predicted octanol–water partition coefficient (Wildman–Crippen LogP) is 4.27. The van der Waals surface area contributed by atoms with Crippen molar-refractivity contribution >= 4 is 51.7 Å². The number of thiocarbonyl (C=S) groups is 1. The molecule has 2 aliphatic rings. The Bertz CT molecular complexity index is 1380. The third-order valence-corrected chi connectivity index (χ3v) is 7.57. The molecule has 1 aromatic carbocycles. The maximum absolute atomic E-state index is 13.6. The summed E-state index contributed by atoms with van der Waals surface area (Å²) in [6.45, 7) is 7.18. The van der Waals surface area contributed by atoms with Crippen LogP contribution in [0, 0.1) is 0 Å². The zero-order valence-corrected chi connectivity index (χ0v) is 21.4. The number of ether oxygens (including phenoxy) is 1. The van der Waals surface area contributed by atoms with Crippen LogP contribution < -0.4 is 10.5 Å². The van der Waals surface area contributed by atoms with Crippen molar-refractivity contribution < 1.29 is 9.53 Å². The van der Waals surface area contributed by atoms with Gasteiger partial charge in [-0.05, 0) is 44.5 Å². The minimum atomic E-state index is -0.223. The molecule has 0 N–H and O–H groups in total. The highest BCUT2D eigenvalue weighted by molar-refractivity contribution is 8.26. The average Bonchev–Trinajstić information content (AvgIpc) is 3.12. The number of nitrogens with zero attached hydrogens (tertiary/aromatic N) is 4. The van der Waals surface area contributed by atoms with Crippen molar-refractivity contribution in [3.8, 4) is 0 Å². The highest BCUT2D eigenvalue weighted by Crippen LogP contribution is 2.38. The summed E-state index contributed by atoms with van der Waals surface area (Å²) in [5.74, 6) is 0.355. The van der Waals surface area contributed by atoms with E-state index in [2.05, 4.69) is 4.90 Å². The largest absolute Gasteiger partial charge is 0.372 e. The van der Waals surface area contributed by atoms with Gasteiger partial charge in [0.05, 0.1) is 28.7 Å². The second kappa shape index (κ2) is 9.56. The van der Waals surface area contributed by atoms with Crippen molar-refractivity contribution in [3.63, 3.8) is 0 Å². The van der Waals surface area contributed by atoms with Gasteiger partial charge >= 0.3 is 0 Å². The number of rotatable bonds is 4. The number of anilines is 1. The molecule has 2 fully saturated rings. The summed E-state index contributed by atoms with van der Waals surface area (Å²) < 4.78 is 7.88. The fraction of sp³-hybridized carbons (Fsp3) is 0.308. The van der Waals surface area contributed by atoms with Gasteiger partial charge in [-0.3, -0.25) is 18.9 Å². The number of carbonyl (C=O) groups is 1. The lowest BCUT2D eigenvalue weighted by Crippen LogP contribution is -2.46. The van der Waals surface area contributed by atoms with Gasteiger partial charge in [-0.1, -0.05) is 60.4 Å². The first-order valence-corrected chi connectivity index (χ1v) is 12.8. The van der Waals surface area contributed by atoms with Gasteiger partial charge in [0.15, 0.2) is 0 Å². The molecule has 0 bridgehead atoms. The monoisotopic (exact) mass is 506 g/mol. The first-order chi connectivity index (χ1) is 16.8. The number of aromatic nitrogens is 2. The van der Waals surface area contributed by atoms with Gasteiger partial charge in [0.2, 0.25) is 0 Å². The van der Waals surface area contributed by atoms with Crippen molar-refractivity contribution in [3.05, 3.63) is 81.1 Å². The van der Waals surface area contributed by atoms with Gasteiger partial charge in [0, 0.05) is 19.3 Å². The number of morpholine rings is 1. The van der Waals surface area contributed by atoms with Gasteiger partial charge in [-0.15, -0.1) is 0 Å². The Morgan fingerprint density at radius 3 is 2.49 bits per heavy atom. The third-order valence-electron chi connectivity index (χ3n) is 6.24. The Labute approximate surface area is 213 Å². The molecule has 0 unspecified atom stereocenters. The van der Waals surface area contributed by atoms with Crippen LogP contribution in [0.15, 0.2) is 64.4 Å². The van der Waals surface area contributed by atoms with E-state index >= 15 is 0 Å². The molecule has 0 aliphatic carbocycles. The van der Waals surface area contributed by atoms with Gasteiger partial charge in [-0.2, -0.15) is 0 Å². The third kappa shape index (κ3) is 4.51. The van der Waals surface area contributed by atoms with Crippen LogP contribution in [-0.4, -0.2) is 49.8 Å². The van der Waals surface area contributed by atoms with Gasteiger partial charge in [-0.25, -0.2) is 4.98 Å². The molecule has 2 saturated heterocycles. The minimum absolute atomic E-state index is 0.00689. The van der Waals surface area contributed by atoms with Crippen molar-refractivity contribution in [2.45, 2.75) is 39.0 Å². The van der Waals surface area contributed by atoms with Crippen molar-refractivity contribution in [1.82, 2.24) is 14.3 Å². The van der Waals surface area contributed by atoms with E-state index in [1.807, 2.05) is 63.2 Å². The Morgan fingerprint density at radius 2 is 1.77 bits per heavy atom. The quantitative estimate of drug-likeness (QED) is 0.387. The van der Waals surface area contributed by atoms with Gasteiger partial charge < -0.3 is 9.64 Å². The normalized spacial score (nSPS) is 22.9. The van der Waals surface area contributed by atoms with Crippen molar-refractivity contribution in [2.75, 3.05) is 18.0 Å². The zero-order valence-electron chi connectivity index (χ0n) is 19.7. The molecule has 0 radical (unpaired) electrons. The fourth-order valence-electron chi connectivity index (χ4n) is 4.63. The van der Waals surface area contributed by atoms with Crippen LogP contribution >= 0.6 is 24.0 Å². The fourth-order valence-corrected chi connectivity index (χ4v) is 6.03. The molecule has 35 heavy (non-hydrogen) atoms. The Hall–Kier alpha value is -3.01. The molecule has 2 aliphatic heterocycles. The maximum atomic E-state index is 13.6. The van der Waals surface area contributed by atoms with E-state index in [0.29, 0.717) is 39.3 Å². The predicted molar refractivity (Wildman–Crippen MR) is 144 cm³/mol. The van der Waals surface area contributed by atoms with E-state index in [1.54, 1.807) is 23.2 Å². The Morgan fingerprint density at radius 1 is 1.09 bits per heavy atom. The molecule has 4 heterocycles. The molecule has 180 valence electrons. The molecule has 1 amide bonds. The summed E-state index contributed by atoms with van der Waals surface area (Å²) in [6, 6.07) is 15.0. The second-order valence-electron chi connectivity index (χ2n) is 8.88. The van der Waals surface area contributed by atoms with Crippen molar-refractivity contribution in [1.29, 1.82) is 0 Å². The van der Waals surface area contributed by atoms with E-state index in [4.69, 9.17) is 21.9 Å². The van der Waals surface area contributed by atoms with Crippen LogP contribution in [0.1, 0.15) is 37.9 Å². The number of carbonyl (C=O) groups excluding carboxylic acids is 1.